The van der Waals surface area contributed by atoms with Gasteiger partial charge in [0, 0.05) is 19.3 Å². The second-order valence-electron chi connectivity index (χ2n) is 6.73. The number of carbonyl (C=O) groups excluding carboxylic acids is 1. The van der Waals surface area contributed by atoms with Crippen LogP contribution in [0.15, 0.2) is 12.3 Å². The van der Waals surface area contributed by atoms with Crippen LogP contribution < -0.4 is 10.6 Å². The number of hydrogen-bond donors (Lipinski definition) is 2. The van der Waals surface area contributed by atoms with E-state index in [0.29, 0.717) is 11.7 Å². The van der Waals surface area contributed by atoms with E-state index in [1.54, 1.807) is 0 Å². The highest BCUT2D eigenvalue weighted by Crippen LogP contribution is 2.28. The number of piperidine rings is 1. The first kappa shape index (κ1) is 15.5. The Labute approximate surface area is 132 Å². The van der Waals surface area contributed by atoms with Gasteiger partial charge in [-0.25, -0.2) is 0 Å². The van der Waals surface area contributed by atoms with Gasteiger partial charge in [-0.3, -0.25) is 9.48 Å². The maximum atomic E-state index is 12.1. The molecule has 1 aromatic heterocycles. The van der Waals surface area contributed by atoms with E-state index in [4.69, 9.17) is 0 Å². The Morgan fingerprint density at radius 2 is 2.18 bits per heavy atom. The van der Waals surface area contributed by atoms with Gasteiger partial charge in [0.05, 0.1) is 6.04 Å². The molecular formula is C17H28N4O. The summed E-state index contributed by atoms with van der Waals surface area (Å²) in [6, 6.07) is 2.22. The summed E-state index contributed by atoms with van der Waals surface area (Å²) in [6.07, 6.45) is 12.1. The van der Waals surface area contributed by atoms with E-state index < -0.39 is 0 Å². The number of carbonyl (C=O) groups is 1. The summed E-state index contributed by atoms with van der Waals surface area (Å²) >= 11 is 0. The van der Waals surface area contributed by atoms with Crippen molar-refractivity contribution in [3.05, 3.63) is 18.0 Å². The van der Waals surface area contributed by atoms with Crippen molar-refractivity contribution in [2.24, 2.45) is 5.92 Å². The zero-order chi connectivity index (χ0) is 15.2. The molecule has 0 spiro atoms. The van der Waals surface area contributed by atoms with Crippen molar-refractivity contribution in [2.45, 2.75) is 57.4 Å². The SMILES string of the molecule is O=C(NCCCC1CCCC1)c1ccn(C2CCCNC2)n1. The van der Waals surface area contributed by atoms with Crippen molar-refractivity contribution in [2.75, 3.05) is 19.6 Å². The van der Waals surface area contributed by atoms with Gasteiger partial charge >= 0.3 is 0 Å². The molecule has 2 heterocycles. The Balaban J connectivity index is 1.40. The highest BCUT2D eigenvalue weighted by Gasteiger charge is 2.18. The molecule has 1 aliphatic carbocycles. The number of aromatic nitrogens is 2. The van der Waals surface area contributed by atoms with E-state index in [0.717, 1.165) is 38.4 Å². The molecule has 2 N–H and O–H groups in total. The molecule has 5 heteroatoms. The van der Waals surface area contributed by atoms with E-state index in [9.17, 15) is 4.79 Å². The largest absolute Gasteiger partial charge is 0.351 e. The first-order valence-electron chi connectivity index (χ1n) is 8.87. The van der Waals surface area contributed by atoms with Gasteiger partial charge in [-0.05, 0) is 44.2 Å². The summed E-state index contributed by atoms with van der Waals surface area (Å²) in [5.41, 5.74) is 0.548. The highest BCUT2D eigenvalue weighted by atomic mass is 16.1. The van der Waals surface area contributed by atoms with Crippen molar-refractivity contribution in [1.82, 2.24) is 20.4 Å². The average Bonchev–Trinajstić information content (AvgIpc) is 3.24. The molecular weight excluding hydrogens is 276 g/mol. The minimum Gasteiger partial charge on any atom is -0.351 e. The van der Waals surface area contributed by atoms with Gasteiger partial charge in [-0.15, -0.1) is 0 Å². The Morgan fingerprint density at radius 1 is 1.32 bits per heavy atom. The van der Waals surface area contributed by atoms with Crippen molar-refractivity contribution in [3.8, 4) is 0 Å². The third-order valence-electron chi connectivity index (χ3n) is 5.04. The quantitative estimate of drug-likeness (QED) is 0.794. The molecule has 0 bridgehead atoms. The van der Waals surface area contributed by atoms with E-state index >= 15 is 0 Å². The van der Waals surface area contributed by atoms with Crippen molar-refractivity contribution < 1.29 is 4.79 Å². The fourth-order valence-electron chi connectivity index (χ4n) is 3.70. The number of nitrogens with zero attached hydrogens (tertiary/aromatic N) is 2. The maximum Gasteiger partial charge on any atom is 0.271 e. The fourth-order valence-corrected chi connectivity index (χ4v) is 3.70. The Kier molecular flexibility index (Phi) is 5.48. The average molecular weight is 304 g/mol. The molecule has 1 saturated heterocycles. The molecule has 2 fully saturated rings. The van der Waals surface area contributed by atoms with Crippen LogP contribution in [0.3, 0.4) is 0 Å². The number of amides is 1. The molecule has 1 aliphatic heterocycles. The molecule has 5 nitrogen and oxygen atoms in total. The molecule has 1 aromatic rings. The fraction of sp³-hybridized carbons (Fsp3) is 0.765. The molecule has 2 aliphatic rings. The molecule has 1 amide bonds. The molecule has 0 radical (unpaired) electrons. The minimum absolute atomic E-state index is 0.0334. The summed E-state index contributed by atoms with van der Waals surface area (Å²) in [7, 11) is 0. The lowest BCUT2D eigenvalue weighted by atomic mass is 10.0. The van der Waals surface area contributed by atoms with Gasteiger partial charge in [-0.1, -0.05) is 25.7 Å². The number of nitrogens with one attached hydrogen (secondary N) is 2. The first-order valence-corrected chi connectivity index (χ1v) is 8.87. The lowest BCUT2D eigenvalue weighted by Gasteiger charge is -2.22. The van der Waals surface area contributed by atoms with Gasteiger partial charge in [-0.2, -0.15) is 5.10 Å². The van der Waals surface area contributed by atoms with Crippen LogP contribution in [-0.4, -0.2) is 35.3 Å². The van der Waals surface area contributed by atoms with Gasteiger partial charge in [0.1, 0.15) is 5.69 Å². The summed E-state index contributed by atoms with van der Waals surface area (Å²) in [5.74, 6) is 0.865. The molecule has 122 valence electrons. The number of rotatable bonds is 6. The summed E-state index contributed by atoms with van der Waals surface area (Å²) in [6.45, 7) is 2.81. The Bertz CT molecular complexity index is 473. The smallest absolute Gasteiger partial charge is 0.271 e. The normalized spacial score (nSPS) is 22.8. The monoisotopic (exact) mass is 304 g/mol. The van der Waals surface area contributed by atoms with E-state index in [1.165, 1.54) is 38.5 Å². The van der Waals surface area contributed by atoms with Crippen LogP contribution in [0.1, 0.15) is 67.9 Å². The second kappa shape index (κ2) is 7.77. The summed E-state index contributed by atoms with van der Waals surface area (Å²) < 4.78 is 1.94. The predicted octanol–water partition coefficient (Wildman–Crippen LogP) is 2.51. The van der Waals surface area contributed by atoms with Gasteiger partial charge < -0.3 is 10.6 Å². The lowest BCUT2D eigenvalue weighted by Crippen LogP contribution is -2.32. The zero-order valence-corrected chi connectivity index (χ0v) is 13.4. The van der Waals surface area contributed by atoms with Gasteiger partial charge in [0.15, 0.2) is 0 Å². The zero-order valence-electron chi connectivity index (χ0n) is 13.4. The van der Waals surface area contributed by atoms with Crippen LogP contribution in [0.25, 0.3) is 0 Å². The predicted molar refractivity (Wildman–Crippen MR) is 86.9 cm³/mol. The van der Waals surface area contributed by atoms with Crippen molar-refractivity contribution in [3.63, 3.8) is 0 Å². The van der Waals surface area contributed by atoms with Gasteiger partial charge in [0.25, 0.3) is 5.91 Å². The van der Waals surface area contributed by atoms with Crippen LogP contribution in [0.5, 0.6) is 0 Å². The van der Waals surface area contributed by atoms with Crippen LogP contribution >= 0.6 is 0 Å². The topological polar surface area (TPSA) is 59.0 Å². The molecule has 3 rings (SSSR count). The molecule has 1 atom stereocenters. The summed E-state index contributed by atoms with van der Waals surface area (Å²) in [5, 5.41) is 10.8. The number of hydrogen-bond acceptors (Lipinski definition) is 3. The van der Waals surface area contributed by atoms with Crippen molar-refractivity contribution >= 4 is 5.91 Å². The molecule has 1 unspecified atom stereocenters. The standard InChI is InChI=1S/C17H28N4O/c22-17(19-11-3-7-14-5-1-2-6-14)16-9-12-21(20-16)15-8-4-10-18-13-15/h9,12,14-15,18H,1-8,10-11,13H2,(H,19,22). The first-order chi connectivity index (χ1) is 10.8. The van der Waals surface area contributed by atoms with Crippen LogP contribution in [0.2, 0.25) is 0 Å². The Hall–Kier alpha value is -1.36. The highest BCUT2D eigenvalue weighted by molar-refractivity contribution is 5.92. The lowest BCUT2D eigenvalue weighted by molar-refractivity contribution is 0.0946. The van der Waals surface area contributed by atoms with E-state index in [1.807, 2.05) is 16.9 Å². The van der Waals surface area contributed by atoms with Gasteiger partial charge in [0.2, 0.25) is 0 Å². The van der Waals surface area contributed by atoms with Crippen molar-refractivity contribution in [1.29, 1.82) is 0 Å². The van der Waals surface area contributed by atoms with Crippen LogP contribution in [0, 0.1) is 5.92 Å². The summed E-state index contributed by atoms with van der Waals surface area (Å²) in [4.78, 5) is 12.1. The Morgan fingerprint density at radius 3 is 2.95 bits per heavy atom. The molecule has 0 aromatic carbocycles. The molecule has 1 saturated carbocycles. The van der Waals surface area contributed by atoms with Crippen LogP contribution in [-0.2, 0) is 0 Å². The van der Waals surface area contributed by atoms with E-state index in [2.05, 4.69) is 15.7 Å². The maximum absolute atomic E-state index is 12.1. The van der Waals surface area contributed by atoms with E-state index in [-0.39, 0.29) is 5.91 Å². The second-order valence-corrected chi connectivity index (χ2v) is 6.73. The molecule has 22 heavy (non-hydrogen) atoms. The minimum atomic E-state index is -0.0334. The van der Waals surface area contributed by atoms with Crippen LogP contribution in [0.4, 0.5) is 0 Å². The third kappa shape index (κ3) is 4.09. The third-order valence-corrected chi connectivity index (χ3v) is 5.04.